The summed E-state index contributed by atoms with van der Waals surface area (Å²) in [5.74, 6) is -4.21. The Morgan fingerprint density at radius 3 is 1.35 bits per heavy atom. The first kappa shape index (κ1) is 49.6. The molecule has 109 valence electrons. The average molecular weight is 333 g/mol. The van der Waals surface area contributed by atoms with Crippen LogP contribution in [0.1, 0.15) is 6.42 Å². The van der Waals surface area contributed by atoms with Crippen molar-refractivity contribution < 1.29 is 56.3 Å². The minimum absolute atomic E-state index is 0. The second-order valence-electron chi connectivity index (χ2n) is 2.13. The molecule has 3 radical (unpaired) electrons. The van der Waals surface area contributed by atoms with E-state index in [1.807, 2.05) is 0 Å². The van der Waals surface area contributed by atoms with Crippen molar-refractivity contribution in [2.24, 2.45) is 0 Å². The molecule has 0 saturated carbocycles. The summed E-state index contributed by atoms with van der Waals surface area (Å²) in [6.45, 7) is -0.829. The first-order valence-electron chi connectivity index (χ1n) is 3.21. The van der Waals surface area contributed by atoms with E-state index >= 15 is 0 Å². The van der Waals surface area contributed by atoms with Gasteiger partial charge in [-0.15, -0.1) is 0 Å². The average Bonchev–Trinajstić information content (AvgIpc) is 1.96. The Balaban J connectivity index is -0.0000000343. The van der Waals surface area contributed by atoms with Crippen LogP contribution in [0.2, 0.25) is 0 Å². The molecule has 0 fully saturated rings. The molecule has 0 aliphatic rings. The summed E-state index contributed by atoms with van der Waals surface area (Å²) in [6.07, 6.45) is -2.38. The van der Waals surface area contributed by atoms with E-state index in [1.54, 1.807) is 0 Å². The van der Waals surface area contributed by atoms with Gasteiger partial charge in [0.25, 0.3) is 0 Å². The number of carboxylic acids is 3. The zero-order valence-corrected chi connectivity index (χ0v) is 17.5. The van der Waals surface area contributed by atoms with Crippen molar-refractivity contribution in [1.82, 2.24) is 0 Å². The van der Waals surface area contributed by atoms with Crippen molar-refractivity contribution in [3.8, 4) is 0 Å². The molecule has 0 aromatic carbocycles. The summed E-state index contributed by atoms with van der Waals surface area (Å²) in [5, 5.41) is 24.7. The van der Waals surface area contributed by atoms with Gasteiger partial charge >= 0.3 is 17.9 Å². The molecule has 0 aliphatic carbocycles. The Bertz CT molecular complexity index is 236. The predicted molar refractivity (Wildman–Crippen MR) is 69.0 cm³/mol. The Labute approximate surface area is 180 Å². The molecule has 0 bridgehead atoms. The summed E-state index contributed by atoms with van der Waals surface area (Å²) in [4.78, 5) is 30.3. The normalized spacial score (nSPS) is 7.80. The van der Waals surface area contributed by atoms with Crippen molar-refractivity contribution in [1.29, 1.82) is 0 Å². The van der Waals surface area contributed by atoms with Gasteiger partial charge in [0.2, 0.25) is 0 Å². The van der Waals surface area contributed by atoms with Crippen LogP contribution < -0.4 is 0 Å². The molecule has 0 heterocycles. The molecule has 0 saturated heterocycles. The van der Waals surface area contributed by atoms with E-state index < -0.39 is 37.0 Å². The quantitative estimate of drug-likeness (QED) is 0.397. The number of hydrogen-bond acceptors (Lipinski definition) is 4. The summed E-state index contributed by atoms with van der Waals surface area (Å²) in [6, 6.07) is 0. The van der Waals surface area contributed by atoms with Gasteiger partial charge in [-0.1, -0.05) is 0 Å². The number of carbonyl (C=O) groups is 3. The van der Waals surface area contributed by atoms with Gasteiger partial charge in [-0.05, 0) is 0 Å². The van der Waals surface area contributed by atoms with E-state index in [4.69, 9.17) is 15.3 Å². The molecule has 11 nitrogen and oxygen atoms in total. The maximum absolute atomic E-state index is 10.3. The van der Waals surface area contributed by atoms with E-state index in [1.165, 1.54) is 0 Å². The van der Waals surface area contributed by atoms with Gasteiger partial charge in [0.15, 0.2) is 6.10 Å². The summed E-state index contributed by atoms with van der Waals surface area (Å²) in [7, 11) is 0. The van der Waals surface area contributed by atoms with Crippen LogP contribution in [0.4, 0.5) is 0 Å². The fourth-order valence-electron chi connectivity index (χ4n) is 0.548. The van der Waals surface area contributed by atoms with Crippen LogP contribution in [0.15, 0.2) is 0 Å². The van der Waals surface area contributed by atoms with E-state index in [0.717, 1.165) is 0 Å². The maximum atomic E-state index is 10.3. The number of rotatable bonds is 6. The van der Waals surface area contributed by atoms with Crippen molar-refractivity contribution in [2.75, 3.05) is 6.61 Å². The zero-order chi connectivity index (χ0) is 10.4. The van der Waals surface area contributed by atoms with Gasteiger partial charge in [0.1, 0.15) is 6.61 Å². The first-order valence-corrected chi connectivity index (χ1v) is 3.21. The van der Waals surface area contributed by atoms with Crippen LogP contribution in [0.5, 0.6) is 0 Å². The largest absolute Gasteiger partial charge is 0.481 e. The molecule has 11 N–H and O–H groups in total. The Kier molecular flexibility index (Phi) is 70.5. The fraction of sp³-hybridized carbons (Fsp3) is 0.500. The third-order valence-corrected chi connectivity index (χ3v) is 1.04. The van der Waals surface area contributed by atoms with Gasteiger partial charge < -0.3 is 42.0 Å². The molecule has 1 atom stereocenters. The number of carboxylic acid groups (broad SMARTS) is 3. The molecule has 0 amide bonds. The number of aliphatic carboxylic acids is 3. The predicted octanol–water partition coefficient (Wildman–Crippen LogP) is -5.43. The van der Waals surface area contributed by atoms with Gasteiger partial charge in [0, 0.05) is 88.7 Å². The van der Waals surface area contributed by atoms with Crippen molar-refractivity contribution in [3.05, 3.63) is 0 Å². The van der Waals surface area contributed by atoms with E-state index in [2.05, 4.69) is 4.74 Å². The Morgan fingerprint density at radius 1 is 0.800 bits per heavy atom. The van der Waals surface area contributed by atoms with Crippen LogP contribution >= 0.6 is 0 Å². The third kappa shape index (κ3) is 31.5. The number of ether oxygens (including phenoxy) is 1. The zero-order valence-electron chi connectivity index (χ0n) is 11.5. The van der Waals surface area contributed by atoms with E-state index in [0.29, 0.717) is 0 Å². The van der Waals surface area contributed by atoms with Crippen LogP contribution in [-0.2, 0) is 19.1 Å². The van der Waals surface area contributed by atoms with Gasteiger partial charge in [-0.25, -0.2) is 9.59 Å². The minimum atomic E-state index is -1.62. The first-order chi connectivity index (χ1) is 5.93. The van der Waals surface area contributed by atoms with E-state index in [-0.39, 0.29) is 111 Å². The fourth-order valence-corrected chi connectivity index (χ4v) is 0.548. The monoisotopic (exact) mass is 333 g/mol. The molecular formula is C6H16Na3O11. The summed E-state index contributed by atoms with van der Waals surface area (Å²) < 4.78 is 4.30. The molecule has 14 heteroatoms. The summed E-state index contributed by atoms with van der Waals surface area (Å²) in [5.41, 5.74) is 0. The molecule has 0 spiro atoms. The molecular weight excluding hydrogens is 317 g/mol. The maximum Gasteiger partial charge on any atom is 0.333 e. The van der Waals surface area contributed by atoms with Crippen LogP contribution in [0.25, 0.3) is 0 Å². The Morgan fingerprint density at radius 2 is 1.15 bits per heavy atom. The molecule has 0 aliphatic heterocycles. The van der Waals surface area contributed by atoms with Gasteiger partial charge in [-0.2, -0.15) is 0 Å². The topological polar surface area (TPSA) is 247 Å². The number of hydrogen-bond donors (Lipinski definition) is 3. The van der Waals surface area contributed by atoms with Crippen molar-refractivity contribution in [2.45, 2.75) is 12.5 Å². The second kappa shape index (κ2) is 28.4. The van der Waals surface area contributed by atoms with Crippen molar-refractivity contribution >= 4 is 107 Å². The molecule has 0 aromatic heterocycles. The Hall–Kier alpha value is 1.21. The van der Waals surface area contributed by atoms with Gasteiger partial charge in [-0.3, -0.25) is 4.79 Å². The molecule has 20 heavy (non-hydrogen) atoms. The molecule has 1 unspecified atom stereocenters. The smallest absolute Gasteiger partial charge is 0.333 e. The standard InChI is InChI=1S/C6H8O7.3Na.4H2O/c7-4(8)1-3(6(11)12)13-2-5(9)10;;;;;;;/h3H,1-2H2,(H,7,8)(H,9,10)(H,11,12);;;;4*1H2. The van der Waals surface area contributed by atoms with Crippen molar-refractivity contribution in [3.63, 3.8) is 0 Å². The third-order valence-electron chi connectivity index (χ3n) is 1.04. The SMILES string of the molecule is O.O.O.O.O=C(O)COC(CC(=O)O)C(=O)O.[Na].[Na].[Na]. The van der Waals surface area contributed by atoms with Crippen LogP contribution in [0, 0.1) is 0 Å². The van der Waals surface area contributed by atoms with E-state index in [9.17, 15) is 14.4 Å². The molecule has 0 rings (SSSR count). The summed E-state index contributed by atoms with van der Waals surface area (Å²) >= 11 is 0. The van der Waals surface area contributed by atoms with Crippen LogP contribution in [0.3, 0.4) is 0 Å². The second-order valence-corrected chi connectivity index (χ2v) is 2.13. The van der Waals surface area contributed by atoms with Crippen LogP contribution in [-0.4, -0.2) is 157 Å². The van der Waals surface area contributed by atoms with Gasteiger partial charge in [0.05, 0.1) is 6.42 Å². The molecule has 0 aromatic rings. The minimum Gasteiger partial charge on any atom is -0.481 e.